The summed E-state index contributed by atoms with van der Waals surface area (Å²) in [6.07, 6.45) is 1.53. The fourth-order valence-electron chi connectivity index (χ4n) is 1.36. The van der Waals surface area contributed by atoms with Crippen LogP contribution in [0.3, 0.4) is 0 Å². The Kier molecular flexibility index (Phi) is 6.73. The van der Waals surface area contributed by atoms with Gasteiger partial charge in [-0.25, -0.2) is 0 Å². The van der Waals surface area contributed by atoms with Gasteiger partial charge in [0, 0.05) is 12.6 Å². The van der Waals surface area contributed by atoms with Crippen LogP contribution in [0.4, 0.5) is 0 Å². The maximum atomic E-state index is 8.76. The predicted octanol–water partition coefficient (Wildman–Crippen LogP) is 0.993. The summed E-state index contributed by atoms with van der Waals surface area (Å²) in [6.45, 7) is 5.88. The van der Waals surface area contributed by atoms with Gasteiger partial charge in [0.15, 0.2) is 0 Å². The molecule has 0 aromatic carbocycles. The minimum atomic E-state index is 0.176. The van der Waals surface area contributed by atoms with E-state index in [0.717, 1.165) is 13.0 Å². The van der Waals surface area contributed by atoms with Gasteiger partial charge in [0.2, 0.25) is 0 Å². The Morgan fingerprint density at radius 1 is 1.50 bits per heavy atom. The lowest BCUT2D eigenvalue weighted by Crippen LogP contribution is -2.36. The van der Waals surface area contributed by atoms with Crippen LogP contribution in [0.25, 0.3) is 0 Å². The van der Waals surface area contributed by atoms with E-state index in [0.29, 0.717) is 19.0 Å². The van der Waals surface area contributed by atoms with Gasteiger partial charge in [-0.1, -0.05) is 13.8 Å². The smallest absolute Gasteiger partial charge is 0.0638 e. The summed E-state index contributed by atoms with van der Waals surface area (Å²) in [5.74, 6) is 0. The molecule has 0 fully saturated rings. The third-order valence-electron chi connectivity index (χ3n) is 2.11. The third kappa shape index (κ3) is 3.70. The molecule has 0 saturated carbocycles. The minimum absolute atomic E-state index is 0.176. The van der Waals surface area contributed by atoms with Gasteiger partial charge in [0.25, 0.3) is 0 Å². The topological polar surface area (TPSA) is 47.3 Å². The lowest BCUT2D eigenvalue weighted by Gasteiger charge is -2.27. The van der Waals surface area contributed by atoms with E-state index < -0.39 is 0 Å². The molecule has 1 unspecified atom stereocenters. The zero-order valence-corrected chi connectivity index (χ0v) is 7.95. The molecule has 0 rings (SSSR count). The molecule has 3 nitrogen and oxygen atoms in total. The quantitative estimate of drug-likeness (QED) is 0.646. The molecule has 0 bridgehead atoms. The molecule has 0 aliphatic carbocycles. The van der Waals surface area contributed by atoms with Crippen LogP contribution in [0.15, 0.2) is 0 Å². The zero-order valence-electron chi connectivity index (χ0n) is 7.95. The summed E-state index contributed by atoms with van der Waals surface area (Å²) >= 11 is 0. The van der Waals surface area contributed by atoms with Crippen molar-refractivity contribution in [3.8, 4) is 6.07 Å². The molecule has 0 saturated heterocycles. The van der Waals surface area contributed by atoms with E-state index in [9.17, 15) is 0 Å². The number of aliphatic hydroxyl groups excluding tert-OH is 1. The molecular formula is C9H18N2O. The van der Waals surface area contributed by atoms with Crippen LogP contribution in [-0.4, -0.2) is 35.7 Å². The fourth-order valence-corrected chi connectivity index (χ4v) is 1.36. The first-order chi connectivity index (χ1) is 5.79. The fraction of sp³-hybridized carbons (Fsp3) is 0.889. The van der Waals surface area contributed by atoms with Crippen molar-refractivity contribution in [2.45, 2.75) is 32.7 Å². The monoisotopic (exact) mass is 170 g/mol. The van der Waals surface area contributed by atoms with Crippen molar-refractivity contribution in [1.29, 1.82) is 5.26 Å². The van der Waals surface area contributed by atoms with E-state index in [1.807, 2.05) is 0 Å². The normalized spacial score (nSPS) is 12.9. The maximum Gasteiger partial charge on any atom is 0.0638 e. The van der Waals surface area contributed by atoms with E-state index >= 15 is 0 Å². The average Bonchev–Trinajstić information content (AvgIpc) is 2.11. The van der Waals surface area contributed by atoms with Gasteiger partial charge in [0.1, 0.15) is 0 Å². The molecule has 0 amide bonds. The number of likely N-dealkylation sites (N-methyl/N-ethyl adjacent to an activating group) is 1. The molecular weight excluding hydrogens is 152 g/mol. The van der Waals surface area contributed by atoms with Crippen molar-refractivity contribution in [2.75, 3.05) is 19.7 Å². The Bertz CT molecular complexity index is 142. The Balaban J connectivity index is 3.95. The lowest BCUT2D eigenvalue weighted by atomic mass is 10.1. The van der Waals surface area contributed by atoms with Crippen LogP contribution in [-0.2, 0) is 0 Å². The van der Waals surface area contributed by atoms with E-state index in [4.69, 9.17) is 10.4 Å². The summed E-state index contributed by atoms with van der Waals surface area (Å²) in [4.78, 5) is 2.14. The van der Waals surface area contributed by atoms with Gasteiger partial charge in [0.05, 0.1) is 19.1 Å². The van der Waals surface area contributed by atoms with Crippen LogP contribution in [0.2, 0.25) is 0 Å². The van der Waals surface area contributed by atoms with Gasteiger partial charge in [-0.2, -0.15) is 5.26 Å². The third-order valence-corrected chi connectivity index (χ3v) is 2.11. The van der Waals surface area contributed by atoms with Crippen LogP contribution < -0.4 is 0 Å². The standard InChI is InChI=1S/C9H18N2O/c1-3-9(5-6-10)11(4-2)7-8-12/h9,12H,3-5,7-8H2,1-2H3. The van der Waals surface area contributed by atoms with Gasteiger partial charge in [-0.15, -0.1) is 0 Å². The highest BCUT2D eigenvalue weighted by Crippen LogP contribution is 2.06. The summed E-state index contributed by atoms with van der Waals surface area (Å²) in [6, 6.07) is 2.48. The first-order valence-electron chi connectivity index (χ1n) is 4.51. The van der Waals surface area contributed by atoms with Crippen molar-refractivity contribution >= 4 is 0 Å². The first-order valence-corrected chi connectivity index (χ1v) is 4.51. The number of nitriles is 1. The Labute approximate surface area is 74.6 Å². The number of hydrogen-bond acceptors (Lipinski definition) is 3. The number of rotatable bonds is 6. The SMILES string of the molecule is CCC(CC#N)N(CC)CCO. The van der Waals surface area contributed by atoms with Gasteiger partial charge in [-0.05, 0) is 13.0 Å². The van der Waals surface area contributed by atoms with Gasteiger partial charge < -0.3 is 5.11 Å². The second-order valence-electron chi connectivity index (χ2n) is 2.78. The molecule has 0 aromatic heterocycles. The molecule has 0 heterocycles. The Hall–Kier alpha value is -0.590. The molecule has 0 aliphatic heterocycles. The second kappa shape index (κ2) is 7.08. The van der Waals surface area contributed by atoms with Gasteiger partial charge >= 0.3 is 0 Å². The zero-order chi connectivity index (χ0) is 9.40. The van der Waals surface area contributed by atoms with Crippen LogP contribution >= 0.6 is 0 Å². The van der Waals surface area contributed by atoms with Crippen molar-refractivity contribution in [3.63, 3.8) is 0 Å². The molecule has 0 radical (unpaired) electrons. The summed E-state index contributed by atoms with van der Waals surface area (Å²) in [5.41, 5.74) is 0. The van der Waals surface area contributed by atoms with Crippen LogP contribution in [0.5, 0.6) is 0 Å². The highest BCUT2D eigenvalue weighted by Gasteiger charge is 2.13. The van der Waals surface area contributed by atoms with Crippen molar-refractivity contribution in [2.24, 2.45) is 0 Å². The Morgan fingerprint density at radius 2 is 2.17 bits per heavy atom. The predicted molar refractivity (Wildman–Crippen MR) is 48.6 cm³/mol. The molecule has 1 N–H and O–H groups in total. The number of hydrogen-bond donors (Lipinski definition) is 1. The van der Waals surface area contributed by atoms with Crippen molar-refractivity contribution in [3.05, 3.63) is 0 Å². The average molecular weight is 170 g/mol. The summed E-state index contributed by atoms with van der Waals surface area (Å²) in [5, 5.41) is 17.3. The molecule has 70 valence electrons. The minimum Gasteiger partial charge on any atom is -0.395 e. The lowest BCUT2D eigenvalue weighted by molar-refractivity contribution is 0.155. The number of nitrogens with zero attached hydrogens (tertiary/aromatic N) is 2. The molecule has 0 aromatic rings. The van der Waals surface area contributed by atoms with E-state index in [2.05, 4.69) is 24.8 Å². The van der Waals surface area contributed by atoms with E-state index in [1.165, 1.54) is 0 Å². The largest absolute Gasteiger partial charge is 0.395 e. The summed E-state index contributed by atoms with van der Waals surface area (Å²) in [7, 11) is 0. The van der Waals surface area contributed by atoms with Crippen LogP contribution in [0.1, 0.15) is 26.7 Å². The maximum absolute atomic E-state index is 8.76. The van der Waals surface area contributed by atoms with E-state index in [1.54, 1.807) is 0 Å². The molecule has 1 atom stereocenters. The van der Waals surface area contributed by atoms with Crippen molar-refractivity contribution < 1.29 is 5.11 Å². The second-order valence-corrected chi connectivity index (χ2v) is 2.78. The molecule has 12 heavy (non-hydrogen) atoms. The highest BCUT2D eigenvalue weighted by atomic mass is 16.3. The Morgan fingerprint density at radius 3 is 2.50 bits per heavy atom. The highest BCUT2D eigenvalue weighted by molar-refractivity contribution is 4.81. The first kappa shape index (κ1) is 11.4. The summed E-state index contributed by atoms with van der Waals surface area (Å²) < 4.78 is 0. The van der Waals surface area contributed by atoms with E-state index in [-0.39, 0.29) is 6.61 Å². The van der Waals surface area contributed by atoms with Gasteiger partial charge in [-0.3, -0.25) is 4.90 Å². The number of aliphatic hydroxyl groups is 1. The molecule has 3 heteroatoms. The van der Waals surface area contributed by atoms with Crippen LogP contribution in [0, 0.1) is 11.3 Å². The molecule has 0 aliphatic rings. The molecule has 0 spiro atoms. The van der Waals surface area contributed by atoms with Crippen molar-refractivity contribution in [1.82, 2.24) is 4.90 Å².